The number of sulfonamides is 1. The maximum absolute atomic E-state index is 12.9. The summed E-state index contributed by atoms with van der Waals surface area (Å²) >= 11 is 7.02. The van der Waals surface area contributed by atoms with Crippen molar-refractivity contribution in [1.82, 2.24) is 0 Å². The van der Waals surface area contributed by atoms with Gasteiger partial charge in [0.25, 0.3) is 15.9 Å². The molecule has 1 aromatic heterocycles. The number of rotatable bonds is 5. The molecule has 0 aliphatic carbocycles. The summed E-state index contributed by atoms with van der Waals surface area (Å²) in [4.78, 5) is 13.1. The second-order valence-electron chi connectivity index (χ2n) is 5.88. The predicted octanol–water partition coefficient (Wildman–Crippen LogP) is 4.79. The molecule has 0 bridgehead atoms. The van der Waals surface area contributed by atoms with Crippen molar-refractivity contribution >= 4 is 50.2 Å². The molecule has 27 heavy (non-hydrogen) atoms. The minimum absolute atomic E-state index is 0.102. The van der Waals surface area contributed by atoms with E-state index in [0.29, 0.717) is 21.3 Å². The van der Waals surface area contributed by atoms with Crippen molar-refractivity contribution in [3.05, 3.63) is 75.4 Å². The Kier molecular flexibility index (Phi) is 5.55. The molecule has 0 unspecified atom stereocenters. The quantitative estimate of drug-likeness (QED) is 0.645. The monoisotopic (exact) mass is 420 g/mol. The number of anilines is 2. The average molecular weight is 421 g/mol. The molecule has 2 aromatic carbocycles. The topological polar surface area (TPSA) is 66.5 Å². The molecule has 0 saturated carbocycles. The molecule has 0 atom stereocenters. The SMILES string of the molecule is Cc1ccc(NC(=O)c2sccc2N(C)S(=O)(=O)c2ccc(Cl)cc2)cc1. The number of hydrogen-bond acceptors (Lipinski definition) is 4. The van der Waals surface area contributed by atoms with Crippen LogP contribution in [0.5, 0.6) is 0 Å². The molecule has 140 valence electrons. The molecule has 8 heteroatoms. The van der Waals surface area contributed by atoms with E-state index >= 15 is 0 Å². The van der Waals surface area contributed by atoms with E-state index in [1.54, 1.807) is 23.6 Å². The van der Waals surface area contributed by atoms with Crippen molar-refractivity contribution < 1.29 is 13.2 Å². The summed E-state index contributed by atoms with van der Waals surface area (Å²) in [6, 6.07) is 14.9. The van der Waals surface area contributed by atoms with E-state index in [0.717, 1.165) is 9.87 Å². The molecule has 0 fully saturated rings. The first-order valence-electron chi connectivity index (χ1n) is 7.99. The number of amides is 1. The highest BCUT2D eigenvalue weighted by atomic mass is 35.5. The standard InChI is InChI=1S/C19H17ClN2O3S2/c1-13-3-7-15(8-4-13)21-19(23)18-17(11-12-26-18)22(2)27(24,25)16-9-5-14(20)6-10-16/h3-12H,1-2H3,(H,21,23). The van der Waals surface area contributed by atoms with E-state index in [1.165, 1.54) is 42.6 Å². The molecule has 5 nitrogen and oxygen atoms in total. The minimum atomic E-state index is -3.81. The van der Waals surface area contributed by atoms with Gasteiger partial charge in [-0.1, -0.05) is 29.3 Å². The van der Waals surface area contributed by atoms with Crippen LogP contribution in [0.4, 0.5) is 11.4 Å². The molecule has 0 aliphatic rings. The third kappa shape index (κ3) is 4.16. The van der Waals surface area contributed by atoms with Gasteiger partial charge in [-0.15, -0.1) is 11.3 Å². The van der Waals surface area contributed by atoms with E-state index in [1.807, 2.05) is 19.1 Å². The zero-order valence-electron chi connectivity index (χ0n) is 14.6. The number of carbonyl (C=O) groups is 1. The number of nitrogens with one attached hydrogen (secondary N) is 1. The zero-order chi connectivity index (χ0) is 19.6. The molecule has 1 amide bonds. The van der Waals surface area contributed by atoms with Gasteiger partial charge >= 0.3 is 0 Å². The average Bonchev–Trinajstić information content (AvgIpc) is 3.13. The van der Waals surface area contributed by atoms with Gasteiger partial charge in [0.05, 0.1) is 10.6 Å². The summed E-state index contributed by atoms with van der Waals surface area (Å²) in [5.41, 5.74) is 2.05. The van der Waals surface area contributed by atoms with Crippen LogP contribution in [0.2, 0.25) is 5.02 Å². The number of hydrogen-bond donors (Lipinski definition) is 1. The first-order chi connectivity index (χ1) is 12.8. The summed E-state index contributed by atoms with van der Waals surface area (Å²) in [6.07, 6.45) is 0. The summed E-state index contributed by atoms with van der Waals surface area (Å²) in [5.74, 6) is -0.359. The van der Waals surface area contributed by atoms with Gasteiger partial charge in [0.1, 0.15) is 4.88 Å². The molecule has 0 spiro atoms. The van der Waals surface area contributed by atoms with Gasteiger partial charge in [-0.05, 0) is 54.8 Å². The lowest BCUT2D eigenvalue weighted by Gasteiger charge is -2.19. The number of thiophene rings is 1. The number of benzene rings is 2. The largest absolute Gasteiger partial charge is 0.321 e. The van der Waals surface area contributed by atoms with Crippen molar-refractivity contribution in [3.8, 4) is 0 Å². The van der Waals surface area contributed by atoms with E-state index in [-0.39, 0.29) is 10.8 Å². The number of halogens is 1. The van der Waals surface area contributed by atoms with Gasteiger partial charge in [-0.2, -0.15) is 0 Å². The van der Waals surface area contributed by atoms with Crippen LogP contribution in [0.15, 0.2) is 64.9 Å². The maximum Gasteiger partial charge on any atom is 0.267 e. The normalized spacial score (nSPS) is 11.2. The summed E-state index contributed by atoms with van der Waals surface area (Å²) < 4.78 is 26.8. The molecule has 1 N–H and O–H groups in total. The third-order valence-corrected chi connectivity index (χ3v) is 6.91. The first kappa shape index (κ1) is 19.4. The van der Waals surface area contributed by atoms with Crippen LogP contribution in [-0.2, 0) is 10.0 Å². The Bertz CT molecular complexity index is 1060. The summed E-state index contributed by atoms with van der Waals surface area (Å²) in [7, 11) is -2.39. The van der Waals surface area contributed by atoms with E-state index in [4.69, 9.17) is 11.6 Å². The minimum Gasteiger partial charge on any atom is -0.321 e. The van der Waals surface area contributed by atoms with Crippen molar-refractivity contribution in [1.29, 1.82) is 0 Å². The van der Waals surface area contributed by atoms with Crippen LogP contribution in [-0.4, -0.2) is 21.4 Å². The molecular formula is C19H17ClN2O3S2. The zero-order valence-corrected chi connectivity index (χ0v) is 17.0. The Labute approximate surface area is 167 Å². The van der Waals surface area contributed by atoms with Gasteiger partial charge in [-0.25, -0.2) is 8.42 Å². The summed E-state index contributed by atoms with van der Waals surface area (Å²) in [6.45, 7) is 1.96. The van der Waals surface area contributed by atoms with Gasteiger partial charge in [0.15, 0.2) is 0 Å². The Balaban J connectivity index is 1.88. The lowest BCUT2D eigenvalue weighted by atomic mass is 10.2. The van der Waals surface area contributed by atoms with Crippen LogP contribution in [0.1, 0.15) is 15.2 Å². The highest BCUT2D eigenvalue weighted by Gasteiger charge is 2.26. The fourth-order valence-corrected chi connectivity index (χ4v) is 4.65. The molecule has 3 rings (SSSR count). The first-order valence-corrected chi connectivity index (χ1v) is 10.7. The van der Waals surface area contributed by atoms with E-state index in [9.17, 15) is 13.2 Å². The fraction of sp³-hybridized carbons (Fsp3) is 0.105. The molecule has 0 radical (unpaired) electrons. The van der Waals surface area contributed by atoms with Crippen molar-refractivity contribution in [2.45, 2.75) is 11.8 Å². The maximum atomic E-state index is 12.9. The van der Waals surface area contributed by atoms with Gasteiger partial charge in [0, 0.05) is 17.8 Å². The lowest BCUT2D eigenvalue weighted by molar-refractivity contribution is 0.103. The Hall–Kier alpha value is -2.35. The highest BCUT2D eigenvalue weighted by Crippen LogP contribution is 2.31. The Morgan fingerprint density at radius 3 is 2.30 bits per heavy atom. The van der Waals surface area contributed by atoms with E-state index in [2.05, 4.69) is 5.32 Å². The second kappa shape index (κ2) is 7.72. The van der Waals surface area contributed by atoms with Crippen molar-refractivity contribution in [3.63, 3.8) is 0 Å². The lowest BCUT2D eigenvalue weighted by Crippen LogP contribution is -2.28. The van der Waals surface area contributed by atoms with Gasteiger partial charge in [0.2, 0.25) is 0 Å². The van der Waals surface area contributed by atoms with Gasteiger partial charge in [-0.3, -0.25) is 9.10 Å². The number of nitrogens with zero attached hydrogens (tertiary/aromatic N) is 1. The molecular weight excluding hydrogens is 404 g/mol. The number of aryl methyl sites for hydroxylation is 1. The van der Waals surface area contributed by atoms with Crippen LogP contribution in [0, 0.1) is 6.92 Å². The highest BCUT2D eigenvalue weighted by molar-refractivity contribution is 7.92. The van der Waals surface area contributed by atoms with Crippen LogP contribution < -0.4 is 9.62 Å². The molecule has 1 heterocycles. The second-order valence-corrected chi connectivity index (χ2v) is 9.20. The molecule has 0 saturated heterocycles. The third-order valence-electron chi connectivity index (χ3n) is 3.97. The van der Waals surface area contributed by atoms with Crippen LogP contribution in [0.3, 0.4) is 0 Å². The van der Waals surface area contributed by atoms with Crippen molar-refractivity contribution in [2.24, 2.45) is 0 Å². The smallest absolute Gasteiger partial charge is 0.267 e. The predicted molar refractivity (Wildman–Crippen MR) is 110 cm³/mol. The molecule has 3 aromatic rings. The van der Waals surface area contributed by atoms with Crippen LogP contribution in [0.25, 0.3) is 0 Å². The fourth-order valence-electron chi connectivity index (χ4n) is 2.44. The Morgan fingerprint density at radius 1 is 1.04 bits per heavy atom. The van der Waals surface area contributed by atoms with Gasteiger partial charge < -0.3 is 5.32 Å². The van der Waals surface area contributed by atoms with Crippen LogP contribution >= 0.6 is 22.9 Å². The molecule has 0 aliphatic heterocycles. The number of carbonyl (C=O) groups excluding carboxylic acids is 1. The van der Waals surface area contributed by atoms with Crippen molar-refractivity contribution in [2.75, 3.05) is 16.7 Å². The Morgan fingerprint density at radius 2 is 1.67 bits per heavy atom. The summed E-state index contributed by atoms with van der Waals surface area (Å²) in [5, 5.41) is 4.94. The van der Waals surface area contributed by atoms with E-state index < -0.39 is 10.0 Å².